The van der Waals surface area contributed by atoms with Crippen molar-refractivity contribution in [3.05, 3.63) is 11.8 Å². The minimum Gasteiger partial charge on any atom is -0.497 e. The third kappa shape index (κ3) is 3.74. The van der Waals surface area contributed by atoms with E-state index in [-0.39, 0.29) is 6.61 Å². The second-order valence-electron chi connectivity index (χ2n) is 2.92. The van der Waals surface area contributed by atoms with Crippen LogP contribution in [0.5, 0.6) is 0 Å². The molecule has 0 aromatic heterocycles. The molecule has 2 N–H and O–H groups in total. The molecule has 0 bridgehead atoms. The molecular formula is C9H17NO2. The van der Waals surface area contributed by atoms with Gasteiger partial charge in [-0.05, 0) is 31.9 Å². The van der Waals surface area contributed by atoms with E-state index in [4.69, 9.17) is 9.84 Å². The predicted molar refractivity (Wildman–Crippen MR) is 47.8 cm³/mol. The number of nitrogens with one attached hydrogen (secondary N) is 1. The highest BCUT2D eigenvalue weighted by Crippen LogP contribution is 2.08. The lowest BCUT2D eigenvalue weighted by Gasteiger charge is -2.15. The van der Waals surface area contributed by atoms with Gasteiger partial charge in [0.05, 0.1) is 13.2 Å². The van der Waals surface area contributed by atoms with E-state index in [9.17, 15) is 0 Å². The molecule has 3 nitrogen and oxygen atoms in total. The van der Waals surface area contributed by atoms with E-state index in [1.54, 1.807) is 0 Å². The molecule has 0 aromatic rings. The normalized spacial score (nSPS) is 16.9. The Bertz CT molecular complexity index is 145. The molecule has 0 atom stereocenters. The number of hydrogen-bond donors (Lipinski definition) is 2. The number of rotatable bonds is 5. The summed E-state index contributed by atoms with van der Waals surface area (Å²) in [4.78, 5) is 0. The molecule has 0 unspecified atom stereocenters. The van der Waals surface area contributed by atoms with Gasteiger partial charge in [-0.15, -0.1) is 0 Å². The second kappa shape index (κ2) is 6.03. The molecule has 3 heteroatoms. The highest BCUT2D eigenvalue weighted by atomic mass is 16.5. The van der Waals surface area contributed by atoms with Gasteiger partial charge in [-0.1, -0.05) is 0 Å². The van der Waals surface area contributed by atoms with Crippen molar-refractivity contribution >= 4 is 0 Å². The van der Waals surface area contributed by atoms with Gasteiger partial charge in [0.2, 0.25) is 0 Å². The Labute approximate surface area is 73.4 Å². The first-order valence-electron chi connectivity index (χ1n) is 4.57. The topological polar surface area (TPSA) is 41.5 Å². The molecule has 1 rings (SSSR count). The molecule has 0 spiro atoms. The van der Waals surface area contributed by atoms with Crippen LogP contribution >= 0.6 is 0 Å². The maximum absolute atomic E-state index is 8.52. The van der Waals surface area contributed by atoms with Crippen molar-refractivity contribution < 1.29 is 9.84 Å². The highest BCUT2D eigenvalue weighted by molar-refractivity contribution is 4.97. The van der Waals surface area contributed by atoms with Gasteiger partial charge in [-0.2, -0.15) is 0 Å². The van der Waals surface area contributed by atoms with Crippen LogP contribution in [0.25, 0.3) is 0 Å². The first kappa shape index (κ1) is 9.55. The average Bonchev–Trinajstić information content (AvgIpc) is 2.14. The molecule has 12 heavy (non-hydrogen) atoms. The Balaban J connectivity index is 2.01. The monoisotopic (exact) mass is 171 g/mol. The van der Waals surface area contributed by atoms with Gasteiger partial charge in [-0.25, -0.2) is 0 Å². The third-order valence-electron chi connectivity index (χ3n) is 1.82. The predicted octanol–water partition coefficient (Wildman–Crippen LogP) is 0.653. The van der Waals surface area contributed by atoms with Gasteiger partial charge in [0.15, 0.2) is 0 Å². The van der Waals surface area contributed by atoms with Crippen molar-refractivity contribution in [2.45, 2.75) is 19.3 Å². The lowest BCUT2D eigenvalue weighted by molar-refractivity contribution is 0.186. The molecule has 0 saturated carbocycles. The second-order valence-corrected chi connectivity index (χ2v) is 2.92. The molecule has 0 aromatic carbocycles. The number of hydrogen-bond acceptors (Lipinski definition) is 3. The van der Waals surface area contributed by atoms with Crippen molar-refractivity contribution in [3.63, 3.8) is 0 Å². The van der Waals surface area contributed by atoms with E-state index in [0.717, 1.165) is 44.7 Å². The van der Waals surface area contributed by atoms with Crippen LogP contribution in [0.4, 0.5) is 0 Å². The third-order valence-corrected chi connectivity index (χ3v) is 1.82. The van der Waals surface area contributed by atoms with Crippen molar-refractivity contribution in [3.8, 4) is 0 Å². The average molecular weight is 171 g/mol. The van der Waals surface area contributed by atoms with E-state index in [0.29, 0.717) is 0 Å². The van der Waals surface area contributed by atoms with E-state index in [1.807, 2.05) is 0 Å². The Morgan fingerprint density at radius 2 is 2.50 bits per heavy atom. The van der Waals surface area contributed by atoms with Crippen molar-refractivity contribution in [2.24, 2.45) is 0 Å². The minimum absolute atomic E-state index is 0.257. The summed E-state index contributed by atoms with van der Waals surface area (Å²) < 4.78 is 5.39. The fourth-order valence-electron chi connectivity index (χ4n) is 1.15. The van der Waals surface area contributed by atoms with E-state index in [1.165, 1.54) is 0 Å². The van der Waals surface area contributed by atoms with Crippen LogP contribution in [-0.4, -0.2) is 31.4 Å². The first-order valence-corrected chi connectivity index (χ1v) is 4.57. The summed E-state index contributed by atoms with van der Waals surface area (Å²) in [5, 5.41) is 11.7. The maximum atomic E-state index is 8.52. The van der Waals surface area contributed by atoms with E-state index in [2.05, 4.69) is 11.4 Å². The Morgan fingerprint density at radius 1 is 1.58 bits per heavy atom. The summed E-state index contributed by atoms with van der Waals surface area (Å²) in [7, 11) is 0. The summed E-state index contributed by atoms with van der Waals surface area (Å²) in [5.74, 6) is 1.05. The molecule has 0 radical (unpaired) electrons. The zero-order valence-corrected chi connectivity index (χ0v) is 7.38. The van der Waals surface area contributed by atoms with Crippen molar-refractivity contribution in [1.82, 2.24) is 5.32 Å². The fourth-order valence-corrected chi connectivity index (χ4v) is 1.15. The maximum Gasteiger partial charge on any atom is 0.106 e. The molecule has 1 aliphatic rings. The molecule has 0 aliphatic carbocycles. The lowest BCUT2D eigenvalue weighted by Crippen LogP contribution is -2.21. The summed E-state index contributed by atoms with van der Waals surface area (Å²) >= 11 is 0. The fraction of sp³-hybridized carbons (Fsp3) is 0.778. The molecule has 0 saturated heterocycles. The van der Waals surface area contributed by atoms with Gasteiger partial charge < -0.3 is 15.2 Å². The van der Waals surface area contributed by atoms with Crippen molar-refractivity contribution in [1.29, 1.82) is 0 Å². The van der Waals surface area contributed by atoms with Gasteiger partial charge in [-0.3, -0.25) is 0 Å². The SMILES string of the molecule is OCCCNCC1=CCCCO1. The largest absolute Gasteiger partial charge is 0.497 e. The van der Waals surface area contributed by atoms with Crippen LogP contribution in [0, 0.1) is 0 Å². The van der Waals surface area contributed by atoms with Gasteiger partial charge in [0.1, 0.15) is 5.76 Å². The van der Waals surface area contributed by atoms with Crippen molar-refractivity contribution in [2.75, 3.05) is 26.3 Å². The van der Waals surface area contributed by atoms with E-state index < -0.39 is 0 Å². The molecule has 70 valence electrons. The number of ether oxygens (including phenoxy) is 1. The smallest absolute Gasteiger partial charge is 0.106 e. The lowest BCUT2D eigenvalue weighted by atomic mass is 10.2. The van der Waals surface area contributed by atoms with Crippen LogP contribution < -0.4 is 5.32 Å². The van der Waals surface area contributed by atoms with Crippen LogP contribution in [0.1, 0.15) is 19.3 Å². The highest BCUT2D eigenvalue weighted by Gasteiger charge is 2.02. The summed E-state index contributed by atoms with van der Waals surface area (Å²) in [5.41, 5.74) is 0. The molecule has 0 fully saturated rings. The van der Waals surface area contributed by atoms with Crippen LogP contribution in [-0.2, 0) is 4.74 Å². The zero-order chi connectivity index (χ0) is 8.65. The molecular weight excluding hydrogens is 154 g/mol. The van der Waals surface area contributed by atoms with Gasteiger partial charge in [0.25, 0.3) is 0 Å². The summed E-state index contributed by atoms with van der Waals surface area (Å²) in [6.07, 6.45) is 5.22. The standard InChI is InChI=1S/C9H17NO2/c11-6-3-5-10-8-9-4-1-2-7-12-9/h4,10-11H,1-3,5-8H2. The molecule has 1 aliphatic heterocycles. The first-order chi connectivity index (χ1) is 5.93. The zero-order valence-electron chi connectivity index (χ0n) is 7.38. The molecule has 0 amide bonds. The van der Waals surface area contributed by atoms with Crippen LogP contribution in [0.15, 0.2) is 11.8 Å². The number of aliphatic hydroxyl groups is 1. The summed E-state index contributed by atoms with van der Waals surface area (Å²) in [6, 6.07) is 0. The quantitative estimate of drug-likeness (QED) is 0.597. The minimum atomic E-state index is 0.257. The number of aliphatic hydroxyl groups excluding tert-OH is 1. The van der Waals surface area contributed by atoms with Crippen LogP contribution in [0.3, 0.4) is 0 Å². The van der Waals surface area contributed by atoms with Gasteiger partial charge >= 0.3 is 0 Å². The molecule has 1 heterocycles. The van der Waals surface area contributed by atoms with E-state index >= 15 is 0 Å². The van der Waals surface area contributed by atoms with Crippen LogP contribution in [0.2, 0.25) is 0 Å². The van der Waals surface area contributed by atoms with Gasteiger partial charge in [0, 0.05) is 6.61 Å². The Kier molecular flexibility index (Phi) is 4.80. The Morgan fingerprint density at radius 3 is 3.17 bits per heavy atom. The Hall–Kier alpha value is -0.540. The summed E-state index contributed by atoms with van der Waals surface area (Å²) in [6.45, 7) is 2.78. The number of allylic oxidation sites excluding steroid dienone is 1.